The van der Waals surface area contributed by atoms with Crippen molar-refractivity contribution in [2.24, 2.45) is 0 Å². The van der Waals surface area contributed by atoms with Crippen molar-refractivity contribution in [2.75, 3.05) is 0 Å². The van der Waals surface area contributed by atoms with E-state index in [9.17, 15) is 0 Å². The van der Waals surface area contributed by atoms with Crippen molar-refractivity contribution in [1.29, 1.82) is 0 Å². The van der Waals surface area contributed by atoms with Crippen LogP contribution in [0.25, 0.3) is 0 Å². The molecule has 1 atom stereocenters. The third-order valence-corrected chi connectivity index (χ3v) is 4.14. The molecule has 0 aromatic heterocycles. The molecule has 1 fully saturated rings. The normalized spacial score (nSPS) is 18.4. The van der Waals surface area contributed by atoms with Gasteiger partial charge in [-0.15, -0.1) is 0 Å². The Kier molecular flexibility index (Phi) is 5.93. The summed E-state index contributed by atoms with van der Waals surface area (Å²) in [6.07, 6.45) is 7.70. The molecule has 104 valence electrons. The van der Waals surface area contributed by atoms with Gasteiger partial charge in [-0.2, -0.15) is 0 Å². The Morgan fingerprint density at radius 2 is 1.74 bits per heavy atom. The van der Waals surface area contributed by atoms with Gasteiger partial charge in [0.1, 0.15) is 5.50 Å². The first-order valence-corrected chi connectivity index (χ1v) is 7.86. The van der Waals surface area contributed by atoms with Crippen LogP contribution in [0.5, 0.6) is 0 Å². The van der Waals surface area contributed by atoms with Crippen molar-refractivity contribution in [2.45, 2.75) is 50.1 Å². The van der Waals surface area contributed by atoms with E-state index in [-0.39, 0.29) is 5.50 Å². The van der Waals surface area contributed by atoms with Crippen LogP contribution in [0.15, 0.2) is 30.3 Å². The van der Waals surface area contributed by atoms with Crippen LogP contribution in [0.2, 0.25) is 0 Å². The van der Waals surface area contributed by atoms with E-state index in [4.69, 9.17) is 23.8 Å². The molecule has 0 radical (unpaired) electrons. The minimum absolute atomic E-state index is 0.271. The quantitative estimate of drug-likeness (QED) is 0.380. The molecule has 1 aliphatic rings. The largest absolute Gasteiger partial charge is 0.360 e. The Bertz CT molecular complexity index is 388. The lowest BCUT2D eigenvalue weighted by Crippen LogP contribution is -2.42. The Morgan fingerprint density at radius 3 is 2.37 bits per heavy atom. The second kappa shape index (κ2) is 7.71. The average Bonchev–Trinajstić information content (AvgIpc) is 2.68. The van der Waals surface area contributed by atoms with E-state index < -0.39 is 0 Å². The molecule has 0 spiro atoms. The summed E-state index contributed by atoms with van der Waals surface area (Å²) in [5.41, 5.74) is 0.765. The van der Waals surface area contributed by atoms with Crippen LogP contribution in [-0.4, -0.2) is 11.2 Å². The number of thiocarbonyl (C=S) groups is 1. The SMILES string of the molecule is S=C(NC1CCCCCC1)NC(Cl)c1ccccc1. The minimum Gasteiger partial charge on any atom is -0.360 e. The van der Waals surface area contributed by atoms with Crippen LogP contribution >= 0.6 is 23.8 Å². The molecule has 1 unspecified atom stereocenters. The first kappa shape index (κ1) is 14.6. The van der Waals surface area contributed by atoms with Gasteiger partial charge in [-0.1, -0.05) is 67.6 Å². The minimum atomic E-state index is -0.271. The van der Waals surface area contributed by atoms with Gasteiger partial charge in [0.05, 0.1) is 0 Å². The van der Waals surface area contributed by atoms with Crippen molar-refractivity contribution in [1.82, 2.24) is 10.6 Å². The maximum atomic E-state index is 6.31. The molecule has 0 aliphatic heterocycles. The van der Waals surface area contributed by atoms with E-state index in [1.54, 1.807) is 0 Å². The number of hydrogen-bond acceptors (Lipinski definition) is 1. The number of nitrogens with one attached hydrogen (secondary N) is 2. The topological polar surface area (TPSA) is 24.1 Å². The fraction of sp³-hybridized carbons (Fsp3) is 0.533. The molecule has 2 nitrogen and oxygen atoms in total. The maximum absolute atomic E-state index is 6.31. The van der Waals surface area contributed by atoms with Crippen LogP contribution in [0.3, 0.4) is 0 Å². The molecule has 0 bridgehead atoms. The Labute approximate surface area is 125 Å². The molecule has 0 saturated heterocycles. The molecule has 1 aromatic rings. The summed E-state index contributed by atoms with van der Waals surface area (Å²) >= 11 is 11.7. The van der Waals surface area contributed by atoms with E-state index in [1.807, 2.05) is 30.3 Å². The molecule has 1 aromatic carbocycles. The Hall–Kier alpha value is -0.800. The number of rotatable bonds is 3. The summed E-state index contributed by atoms with van der Waals surface area (Å²) in [5, 5.41) is 7.21. The molecule has 0 heterocycles. The second-order valence-corrected chi connectivity index (χ2v) is 5.92. The lowest BCUT2D eigenvalue weighted by molar-refractivity contribution is 0.528. The van der Waals surface area contributed by atoms with Crippen LogP contribution in [0, 0.1) is 0 Å². The third-order valence-electron chi connectivity index (χ3n) is 3.54. The summed E-state index contributed by atoms with van der Waals surface area (Å²) in [4.78, 5) is 0. The van der Waals surface area contributed by atoms with Gasteiger partial charge in [0, 0.05) is 6.04 Å². The summed E-state index contributed by atoms with van der Waals surface area (Å²) in [6, 6.07) is 10.4. The van der Waals surface area contributed by atoms with Crippen molar-refractivity contribution in [3.05, 3.63) is 35.9 Å². The number of benzene rings is 1. The van der Waals surface area contributed by atoms with Crippen LogP contribution in [0.1, 0.15) is 49.6 Å². The first-order chi connectivity index (χ1) is 9.25. The van der Waals surface area contributed by atoms with Crippen LogP contribution in [0.4, 0.5) is 0 Å². The van der Waals surface area contributed by atoms with Gasteiger partial charge in [-0.25, -0.2) is 0 Å². The Morgan fingerprint density at radius 1 is 1.11 bits per heavy atom. The van der Waals surface area contributed by atoms with E-state index in [2.05, 4.69) is 10.6 Å². The highest BCUT2D eigenvalue weighted by Gasteiger charge is 2.14. The smallest absolute Gasteiger partial charge is 0.167 e. The molecular formula is C15H21ClN2S. The highest BCUT2D eigenvalue weighted by Crippen LogP contribution is 2.18. The fourth-order valence-electron chi connectivity index (χ4n) is 2.47. The summed E-state index contributed by atoms with van der Waals surface area (Å²) in [7, 11) is 0. The third kappa shape index (κ3) is 5.00. The number of alkyl halides is 1. The molecule has 2 rings (SSSR count). The molecule has 0 amide bonds. The van der Waals surface area contributed by atoms with Crippen LogP contribution in [-0.2, 0) is 0 Å². The monoisotopic (exact) mass is 296 g/mol. The summed E-state index contributed by atoms with van der Waals surface area (Å²) in [6.45, 7) is 0. The van der Waals surface area contributed by atoms with Crippen molar-refractivity contribution in [3.8, 4) is 0 Å². The number of hydrogen-bond donors (Lipinski definition) is 2. The zero-order chi connectivity index (χ0) is 13.5. The molecule has 4 heteroatoms. The standard InChI is InChI=1S/C15H21ClN2S/c16-14(12-8-4-3-5-9-12)18-15(19)17-13-10-6-1-2-7-11-13/h3-5,8-9,13-14H,1-2,6-7,10-11H2,(H2,17,18,19). The lowest BCUT2D eigenvalue weighted by Gasteiger charge is -2.21. The molecule has 19 heavy (non-hydrogen) atoms. The maximum Gasteiger partial charge on any atom is 0.167 e. The van der Waals surface area contributed by atoms with E-state index in [0.29, 0.717) is 11.2 Å². The van der Waals surface area contributed by atoms with Gasteiger partial charge in [0.2, 0.25) is 0 Å². The van der Waals surface area contributed by atoms with Crippen molar-refractivity contribution in [3.63, 3.8) is 0 Å². The zero-order valence-corrected chi connectivity index (χ0v) is 12.6. The predicted molar refractivity (Wildman–Crippen MR) is 85.4 cm³/mol. The van der Waals surface area contributed by atoms with Gasteiger partial charge >= 0.3 is 0 Å². The number of halogens is 1. The second-order valence-electron chi connectivity index (χ2n) is 5.08. The van der Waals surface area contributed by atoms with Gasteiger partial charge < -0.3 is 10.6 Å². The summed E-state index contributed by atoms with van der Waals surface area (Å²) < 4.78 is 0. The van der Waals surface area contributed by atoms with Gasteiger partial charge in [0.25, 0.3) is 0 Å². The average molecular weight is 297 g/mol. The Balaban J connectivity index is 1.80. The van der Waals surface area contributed by atoms with Crippen molar-refractivity contribution >= 4 is 28.9 Å². The van der Waals surface area contributed by atoms with E-state index in [1.165, 1.54) is 38.5 Å². The van der Waals surface area contributed by atoms with Crippen molar-refractivity contribution < 1.29 is 0 Å². The highest BCUT2D eigenvalue weighted by molar-refractivity contribution is 7.80. The summed E-state index contributed by atoms with van der Waals surface area (Å²) in [5.74, 6) is 0. The zero-order valence-electron chi connectivity index (χ0n) is 11.1. The van der Waals surface area contributed by atoms with Crippen LogP contribution < -0.4 is 10.6 Å². The highest BCUT2D eigenvalue weighted by atomic mass is 35.5. The molecule has 2 N–H and O–H groups in total. The molecule has 1 aliphatic carbocycles. The molecule has 1 saturated carbocycles. The van der Waals surface area contributed by atoms with E-state index in [0.717, 1.165) is 5.56 Å². The first-order valence-electron chi connectivity index (χ1n) is 7.02. The van der Waals surface area contributed by atoms with Gasteiger partial charge in [0.15, 0.2) is 5.11 Å². The predicted octanol–water partition coefficient (Wildman–Crippen LogP) is 4.11. The lowest BCUT2D eigenvalue weighted by atomic mass is 10.1. The fourth-order valence-corrected chi connectivity index (χ4v) is 3.07. The molecular weight excluding hydrogens is 276 g/mol. The van der Waals surface area contributed by atoms with Gasteiger partial charge in [-0.3, -0.25) is 0 Å². The van der Waals surface area contributed by atoms with E-state index >= 15 is 0 Å². The van der Waals surface area contributed by atoms with Gasteiger partial charge in [-0.05, 0) is 30.6 Å².